The molecule has 0 spiro atoms. The third-order valence-electron chi connectivity index (χ3n) is 3.39. The number of carboxylic acid groups (broad SMARTS) is 1. The Labute approximate surface area is 116 Å². The van der Waals surface area contributed by atoms with Crippen LogP contribution in [0.5, 0.6) is 0 Å². The van der Waals surface area contributed by atoms with Gasteiger partial charge < -0.3 is 15.2 Å². The number of aromatic nitrogens is 1. The minimum atomic E-state index is -0.924. The monoisotopic (exact) mass is 266 g/mol. The first-order chi connectivity index (χ1) is 9.56. The summed E-state index contributed by atoms with van der Waals surface area (Å²) >= 11 is 0. The van der Waals surface area contributed by atoms with Crippen LogP contribution in [0.2, 0.25) is 0 Å². The van der Waals surface area contributed by atoms with Gasteiger partial charge in [0, 0.05) is 6.20 Å². The van der Waals surface area contributed by atoms with Crippen molar-refractivity contribution in [3.63, 3.8) is 0 Å². The minimum Gasteiger partial charge on any atom is -0.478 e. The molecule has 0 atom stereocenters. The normalized spacial score (nSPS) is 10.8. The molecule has 0 aliphatic rings. The third kappa shape index (κ3) is 1.91. The van der Waals surface area contributed by atoms with E-state index >= 15 is 0 Å². The van der Waals surface area contributed by atoms with Gasteiger partial charge in [-0.2, -0.15) is 0 Å². The van der Waals surface area contributed by atoms with Gasteiger partial charge in [-0.3, -0.25) is 0 Å². The van der Waals surface area contributed by atoms with E-state index in [4.69, 9.17) is 10.8 Å². The fraction of sp³-hybridized carbons (Fsp3) is 0.0625. The summed E-state index contributed by atoms with van der Waals surface area (Å²) < 4.78 is 2.01. The summed E-state index contributed by atoms with van der Waals surface area (Å²) in [5, 5.41) is 8.93. The summed E-state index contributed by atoms with van der Waals surface area (Å²) in [5.41, 5.74) is 11.0. The van der Waals surface area contributed by atoms with E-state index < -0.39 is 5.97 Å². The molecular weight excluding hydrogens is 252 g/mol. The van der Waals surface area contributed by atoms with Gasteiger partial charge in [-0.25, -0.2) is 4.79 Å². The van der Waals surface area contributed by atoms with Crippen LogP contribution in [0.4, 0.5) is 5.69 Å². The fourth-order valence-electron chi connectivity index (χ4n) is 2.33. The highest BCUT2D eigenvalue weighted by Crippen LogP contribution is 2.28. The first-order valence-electron chi connectivity index (χ1n) is 6.27. The Balaban J connectivity index is 2.17. The molecule has 0 bridgehead atoms. The summed E-state index contributed by atoms with van der Waals surface area (Å²) in [6.07, 6.45) is 1.97. The van der Waals surface area contributed by atoms with Gasteiger partial charge in [0.15, 0.2) is 0 Å². The number of hydrogen-bond acceptors (Lipinski definition) is 2. The molecule has 0 saturated heterocycles. The van der Waals surface area contributed by atoms with Crippen molar-refractivity contribution in [2.75, 3.05) is 5.73 Å². The smallest absolute Gasteiger partial charge is 0.335 e. The average molecular weight is 266 g/mol. The summed E-state index contributed by atoms with van der Waals surface area (Å²) in [6.45, 7) is 2.02. The van der Waals surface area contributed by atoms with Crippen LogP contribution in [-0.4, -0.2) is 15.5 Å². The number of rotatable bonds is 2. The van der Waals surface area contributed by atoms with Gasteiger partial charge in [-0.05, 0) is 48.4 Å². The van der Waals surface area contributed by atoms with E-state index in [9.17, 15) is 4.79 Å². The predicted molar refractivity (Wildman–Crippen MR) is 78.9 cm³/mol. The largest absolute Gasteiger partial charge is 0.478 e. The molecule has 0 radical (unpaired) electrons. The minimum absolute atomic E-state index is 0.276. The Kier molecular flexibility index (Phi) is 2.71. The highest BCUT2D eigenvalue weighted by molar-refractivity contribution is 5.88. The molecule has 2 aromatic heterocycles. The number of pyridine rings is 1. The van der Waals surface area contributed by atoms with Gasteiger partial charge >= 0.3 is 5.97 Å². The lowest BCUT2D eigenvalue weighted by Gasteiger charge is -2.04. The van der Waals surface area contributed by atoms with E-state index in [0.29, 0.717) is 5.69 Å². The number of aryl methyl sites for hydroxylation is 1. The molecule has 0 aliphatic heterocycles. The molecule has 3 N–H and O–H groups in total. The predicted octanol–water partition coefficient (Wildman–Crippen LogP) is 3.20. The molecule has 0 fully saturated rings. The summed E-state index contributed by atoms with van der Waals surface area (Å²) in [6, 6.07) is 12.7. The van der Waals surface area contributed by atoms with E-state index in [1.165, 1.54) is 0 Å². The summed E-state index contributed by atoms with van der Waals surface area (Å²) in [4.78, 5) is 10.9. The maximum absolute atomic E-state index is 10.9. The maximum atomic E-state index is 10.9. The molecule has 4 heteroatoms. The molecule has 0 unspecified atom stereocenters. The van der Waals surface area contributed by atoms with Crippen LogP contribution in [-0.2, 0) is 0 Å². The molecular formula is C16H14N2O2. The third-order valence-corrected chi connectivity index (χ3v) is 3.39. The van der Waals surface area contributed by atoms with Crippen LogP contribution in [0.3, 0.4) is 0 Å². The second-order valence-corrected chi connectivity index (χ2v) is 4.83. The van der Waals surface area contributed by atoms with Crippen LogP contribution < -0.4 is 5.73 Å². The van der Waals surface area contributed by atoms with Gasteiger partial charge in [0.25, 0.3) is 0 Å². The highest BCUT2D eigenvalue weighted by atomic mass is 16.4. The van der Waals surface area contributed by atoms with E-state index in [1.807, 2.05) is 35.7 Å². The second kappa shape index (κ2) is 4.42. The van der Waals surface area contributed by atoms with Crippen molar-refractivity contribution in [3.8, 4) is 11.3 Å². The van der Waals surface area contributed by atoms with E-state index in [0.717, 1.165) is 22.3 Å². The van der Waals surface area contributed by atoms with Crippen LogP contribution in [0.15, 0.2) is 48.7 Å². The average Bonchev–Trinajstić information content (AvgIpc) is 2.76. The highest BCUT2D eigenvalue weighted by Gasteiger charge is 2.09. The molecule has 2 heterocycles. The number of aromatic carboxylic acids is 1. The van der Waals surface area contributed by atoms with Gasteiger partial charge in [0.05, 0.1) is 22.5 Å². The number of nitrogens with two attached hydrogens (primary N) is 1. The first kappa shape index (κ1) is 12.3. The molecule has 0 aliphatic carbocycles. The van der Waals surface area contributed by atoms with Crippen LogP contribution in [0.1, 0.15) is 15.9 Å². The van der Waals surface area contributed by atoms with Gasteiger partial charge in [-0.1, -0.05) is 12.1 Å². The zero-order valence-corrected chi connectivity index (χ0v) is 11.0. The van der Waals surface area contributed by atoms with Crippen molar-refractivity contribution in [3.05, 3.63) is 59.8 Å². The Morgan fingerprint density at radius 1 is 1.15 bits per heavy atom. The van der Waals surface area contributed by atoms with Crippen molar-refractivity contribution >= 4 is 17.2 Å². The van der Waals surface area contributed by atoms with Gasteiger partial charge in [0.1, 0.15) is 0 Å². The molecule has 20 heavy (non-hydrogen) atoms. The number of anilines is 1. The number of hydrogen-bond donors (Lipinski definition) is 2. The van der Waals surface area contributed by atoms with Crippen molar-refractivity contribution in [2.45, 2.75) is 6.92 Å². The summed E-state index contributed by atoms with van der Waals surface area (Å²) in [7, 11) is 0. The zero-order valence-electron chi connectivity index (χ0n) is 11.0. The maximum Gasteiger partial charge on any atom is 0.335 e. The first-order valence-corrected chi connectivity index (χ1v) is 6.27. The molecule has 3 aromatic rings. The zero-order chi connectivity index (χ0) is 14.3. The van der Waals surface area contributed by atoms with Gasteiger partial charge in [0.2, 0.25) is 0 Å². The molecule has 0 saturated carbocycles. The number of carboxylic acids is 1. The van der Waals surface area contributed by atoms with E-state index in [2.05, 4.69) is 0 Å². The van der Waals surface area contributed by atoms with Crippen LogP contribution >= 0.6 is 0 Å². The lowest BCUT2D eigenvalue weighted by Crippen LogP contribution is -1.95. The Morgan fingerprint density at radius 3 is 2.50 bits per heavy atom. The number of benzene rings is 1. The molecule has 3 rings (SSSR count). The Morgan fingerprint density at radius 2 is 1.85 bits per heavy atom. The number of nitrogen functional groups attached to an aromatic ring is 1. The lowest BCUT2D eigenvalue weighted by atomic mass is 10.1. The van der Waals surface area contributed by atoms with Crippen molar-refractivity contribution in [2.24, 2.45) is 0 Å². The van der Waals surface area contributed by atoms with E-state index in [-0.39, 0.29) is 5.56 Å². The molecule has 1 aromatic carbocycles. The quantitative estimate of drug-likeness (QED) is 0.748. The second-order valence-electron chi connectivity index (χ2n) is 4.83. The van der Waals surface area contributed by atoms with Crippen LogP contribution in [0, 0.1) is 6.92 Å². The topological polar surface area (TPSA) is 67.7 Å². The fourth-order valence-corrected chi connectivity index (χ4v) is 2.33. The Bertz CT molecular complexity index is 801. The van der Waals surface area contributed by atoms with E-state index in [1.54, 1.807) is 24.3 Å². The lowest BCUT2D eigenvalue weighted by molar-refractivity contribution is 0.0697. The molecule has 100 valence electrons. The SMILES string of the molecule is Cc1ccn2c(-c3ccc(C(=O)O)cc3)cc(N)c2c1. The number of fused-ring (bicyclic) bond motifs is 1. The number of nitrogens with zero attached hydrogens (tertiary/aromatic N) is 1. The van der Waals surface area contributed by atoms with Crippen molar-refractivity contribution in [1.82, 2.24) is 4.40 Å². The Hall–Kier alpha value is -2.75. The molecule has 4 nitrogen and oxygen atoms in total. The van der Waals surface area contributed by atoms with Crippen molar-refractivity contribution in [1.29, 1.82) is 0 Å². The number of carbonyl (C=O) groups is 1. The van der Waals surface area contributed by atoms with Crippen molar-refractivity contribution < 1.29 is 9.90 Å². The molecule has 0 amide bonds. The van der Waals surface area contributed by atoms with Crippen LogP contribution in [0.25, 0.3) is 16.8 Å². The standard InChI is InChI=1S/C16H14N2O2/c1-10-6-7-18-14(9-13(17)15(18)8-10)11-2-4-12(5-3-11)16(19)20/h2-9H,17H2,1H3,(H,19,20). The summed E-state index contributed by atoms with van der Waals surface area (Å²) in [5.74, 6) is -0.924. The van der Waals surface area contributed by atoms with Gasteiger partial charge in [-0.15, -0.1) is 0 Å².